The van der Waals surface area contributed by atoms with Crippen molar-refractivity contribution in [3.05, 3.63) is 29.1 Å². The zero-order valence-electron chi connectivity index (χ0n) is 7.17. The maximum atomic E-state index is 5.57. The van der Waals surface area contributed by atoms with Crippen LogP contribution in [0.15, 0.2) is 32.0 Å². The molecule has 0 saturated heterocycles. The van der Waals surface area contributed by atoms with E-state index in [2.05, 4.69) is 20.9 Å². The Morgan fingerprint density at radius 3 is 3.00 bits per heavy atom. The highest BCUT2D eigenvalue weighted by molar-refractivity contribution is 9.10. The van der Waals surface area contributed by atoms with Gasteiger partial charge in [-0.05, 0) is 22.0 Å². The van der Waals surface area contributed by atoms with Crippen molar-refractivity contribution in [3.8, 4) is 11.3 Å². The van der Waals surface area contributed by atoms with Crippen molar-refractivity contribution in [1.29, 1.82) is 0 Å². The molecule has 0 bridgehead atoms. The lowest BCUT2D eigenvalue weighted by Gasteiger charge is -1.90. The van der Waals surface area contributed by atoms with Crippen LogP contribution in [0.4, 0.5) is 0 Å². The van der Waals surface area contributed by atoms with Crippen molar-refractivity contribution < 1.29 is 8.83 Å². The third-order valence-corrected chi connectivity index (χ3v) is 2.55. The van der Waals surface area contributed by atoms with E-state index in [1.54, 1.807) is 12.5 Å². The van der Waals surface area contributed by atoms with Gasteiger partial charge in [0.05, 0.1) is 18.0 Å². The predicted molar refractivity (Wildman–Crippen MR) is 56.3 cm³/mol. The maximum absolute atomic E-state index is 5.57. The Labute approximate surface area is 94.2 Å². The summed E-state index contributed by atoms with van der Waals surface area (Å²) in [6.07, 6.45) is 3.89. The van der Waals surface area contributed by atoms with Gasteiger partial charge in [-0.3, -0.25) is 0 Å². The van der Waals surface area contributed by atoms with Crippen LogP contribution in [0.2, 0.25) is 0 Å². The average Bonchev–Trinajstić information content (AvgIpc) is 2.74. The largest absolute Gasteiger partial charge is 0.457 e. The van der Waals surface area contributed by atoms with Crippen LogP contribution >= 0.6 is 27.5 Å². The molecule has 2 rings (SSSR count). The Balaban J connectivity index is 2.29. The highest BCUT2D eigenvalue weighted by Gasteiger charge is 2.11. The van der Waals surface area contributed by atoms with Crippen molar-refractivity contribution >= 4 is 27.5 Å². The summed E-state index contributed by atoms with van der Waals surface area (Å²) in [6, 6.07) is 1.81. The zero-order valence-corrected chi connectivity index (χ0v) is 9.51. The molecule has 0 radical (unpaired) electrons. The van der Waals surface area contributed by atoms with Crippen LogP contribution in [0.3, 0.4) is 0 Å². The van der Waals surface area contributed by atoms with Crippen molar-refractivity contribution in [3.63, 3.8) is 0 Å². The van der Waals surface area contributed by atoms with Gasteiger partial charge in [-0.2, -0.15) is 0 Å². The van der Waals surface area contributed by atoms with E-state index >= 15 is 0 Å². The molecule has 0 amide bonds. The number of alkyl halides is 1. The van der Waals surface area contributed by atoms with E-state index < -0.39 is 0 Å². The van der Waals surface area contributed by atoms with Gasteiger partial charge in [-0.15, -0.1) is 11.6 Å². The SMILES string of the molecule is ClCCc1ncc(-c2ccoc2Br)o1. The van der Waals surface area contributed by atoms with Crippen LogP contribution in [-0.2, 0) is 6.42 Å². The lowest BCUT2D eigenvalue weighted by atomic mass is 10.3. The molecule has 2 aromatic heterocycles. The molecule has 0 spiro atoms. The molecule has 2 heterocycles. The van der Waals surface area contributed by atoms with Crippen LogP contribution in [0.25, 0.3) is 11.3 Å². The van der Waals surface area contributed by atoms with Gasteiger partial charge in [0.15, 0.2) is 16.3 Å². The summed E-state index contributed by atoms with van der Waals surface area (Å²) in [4.78, 5) is 4.09. The van der Waals surface area contributed by atoms with E-state index in [1.807, 2.05) is 6.07 Å². The molecule has 14 heavy (non-hydrogen) atoms. The number of nitrogens with zero attached hydrogens (tertiary/aromatic N) is 1. The zero-order chi connectivity index (χ0) is 9.97. The van der Waals surface area contributed by atoms with Crippen LogP contribution < -0.4 is 0 Å². The fourth-order valence-electron chi connectivity index (χ4n) is 1.10. The van der Waals surface area contributed by atoms with Gasteiger partial charge in [-0.1, -0.05) is 0 Å². The quantitative estimate of drug-likeness (QED) is 0.806. The molecule has 5 heteroatoms. The standard InChI is InChI=1S/C9H7BrClNO2/c10-9-6(2-4-13-9)7-5-12-8(14-7)1-3-11/h2,4-5H,1,3H2. The molecule has 0 N–H and O–H groups in total. The molecule has 0 aromatic carbocycles. The maximum Gasteiger partial charge on any atom is 0.196 e. The lowest BCUT2D eigenvalue weighted by Crippen LogP contribution is -1.83. The minimum atomic E-state index is 0.506. The number of furan rings is 1. The van der Waals surface area contributed by atoms with E-state index in [0.29, 0.717) is 28.6 Å². The summed E-state index contributed by atoms with van der Waals surface area (Å²) < 4.78 is 11.2. The van der Waals surface area contributed by atoms with Crippen molar-refractivity contribution in [2.45, 2.75) is 6.42 Å². The summed E-state index contributed by atoms with van der Waals surface area (Å²) in [7, 11) is 0. The molecule has 0 fully saturated rings. The van der Waals surface area contributed by atoms with E-state index in [1.165, 1.54) is 0 Å². The number of aryl methyl sites for hydroxylation is 1. The number of rotatable bonds is 3. The second-order valence-corrected chi connectivity index (χ2v) is 3.76. The molecule has 0 atom stereocenters. The Kier molecular flexibility index (Phi) is 2.93. The number of aromatic nitrogens is 1. The summed E-state index contributed by atoms with van der Waals surface area (Å²) >= 11 is 8.84. The van der Waals surface area contributed by atoms with Crippen molar-refractivity contribution in [2.24, 2.45) is 0 Å². The third kappa shape index (κ3) is 1.86. The minimum Gasteiger partial charge on any atom is -0.457 e. The molecular weight excluding hydrogens is 269 g/mol. The van der Waals surface area contributed by atoms with Gasteiger partial charge < -0.3 is 8.83 Å². The number of halogens is 2. The van der Waals surface area contributed by atoms with E-state index in [9.17, 15) is 0 Å². The molecule has 0 aliphatic heterocycles. The Morgan fingerprint density at radius 1 is 1.50 bits per heavy atom. The Bertz CT molecular complexity index is 424. The van der Waals surface area contributed by atoms with Crippen LogP contribution in [0.5, 0.6) is 0 Å². The summed E-state index contributed by atoms with van der Waals surface area (Å²) in [5.74, 6) is 1.83. The first-order chi connectivity index (χ1) is 6.81. The monoisotopic (exact) mass is 275 g/mol. The third-order valence-electron chi connectivity index (χ3n) is 1.75. The van der Waals surface area contributed by atoms with Crippen molar-refractivity contribution in [1.82, 2.24) is 4.98 Å². The fourth-order valence-corrected chi connectivity index (χ4v) is 1.70. The normalized spacial score (nSPS) is 10.7. The van der Waals surface area contributed by atoms with Gasteiger partial charge in [0.1, 0.15) is 0 Å². The molecular formula is C9H7BrClNO2. The first-order valence-corrected chi connectivity index (χ1v) is 5.38. The van der Waals surface area contributed by atoms with E-state index in [4.69, 9.17) is 20.4 Å². The summed E-state index contributed by atoms with van der Waals surface area (Å²) in [5, 5.41) is 0. The van der Waals surface area contributed by atoms with E-state index in [0.717, 1.165) is 5.56 Å². The molecule has 0 aliphatic carbocycles. The second kappa shape index (κ2) is 4.19. The van der Waals surface area contributed by atoms with Crippen molar-refractivity contribution in [2.75, 3.05) is 5.88 Å². The summed E-state index contributed by atoms with van der Waals surface area (Å²) in [6.45, 7) is 0. The fraction of sp³-hybridized carbons (Fsp3) is 0.222. The first kappa shape index (κ1) is 9.80. The molecule has 74 valence electrons. The molecule has 0 unspecified atom stereocenters. The minimum absolute atomic E-state index is 0.506. The highest BCUT2D eigenvalue weighted by atomic mass is 79.9. The first-order valence-electron chi connectivity index (χ1n) is 4.05. The van der Waals surface area contributed by atoms with Gasteiger partial charge in [0, 0.05) is 12.3 Å². The van der Waals surface area contributed by atoms with Crippen LogP contribution in [-0.4, -0.2) is 10.9 Å². The van der Waals surface area contributed by atoms with Crippen LogP contribution in [0, 0.1) is 0 Å². The lowest BCUT2D eigenvalue weighted by molar-refractivity contribution is 0.509. The van der Waals surface area contributed by atoms with Gasteiger partial charge in [0.2, 0.25) is 0 Å². The number of hydrogen-bond acceptors (Lipinski definition) is 3. The molecule has 3 nitrogen and oxygen atoms in total. The average molecular weight is 277 g/mol. The number of oxazole rings is 1. The van der Waals surface area contributed by atoms with E-state index in [-0.39, 0.29) is 0 Å². The predicted octanol–water partition coefficient (Wildman–Crippen LogP) is 3.48. The molecule has 0 saturated carbocycles. The molecule has 2 aromatic rings. The Morgan fingerprint density at radius 2 is 2.36 bits per heavy atom. The summed E-state index contributed by atoms with van der Waals surface area (Å²) in [5.41, 5.74) is 0.860. The smallest absolute Gasteiger partial charge is 0.196 e. The van der Waals surface area contributed by atoms with Gasteiger partial charge >= 0.3 is 0 Å². The number of hydrogen-bond donors (Lipinski definition) is 0. The topological polar surface area (TPSA) is 39.2 Å². The van der Waals surface area contributed by atoms with Crippen LogP contribution in [0.1, 0.15) is 5.89 Å². The highest BCUT2D eigenvalue weighted by Crippen LogP contribution is 2.29. The Hall–Kier alpha value is -0.740. The van der Waals surface area contributed by atoms with Gasteiger partial charge in [-0.25, -0.2) is 4.98 Å². The second-order valence-electron chi connectivity index (χ2n) is 2.67. The van der Waals surface area contributed by atoms with Gasteiger partial charge in [0.25, 0.3) is 0 Å². The molecule has 0 aliphatic rings.